The minimum Gasteiger partial charge on any atom is -0.389 e. The van der Waals surface area contributed by atoms with Crippen LogP contribution >= 0.6 is 0 Å². The average Bonchev–Trinajstić information content (AvgIpc) is 2.87. The lowest BCUT2D eigenvalue weighted by Gasteiger charge is -2.11. The Labute approximate surface area is 128 Å². The van der Waals surface area contributed by atoms with Crippen molar-refractivity contribution in [1.29, 1.82) is 0 Å². The van der Waals surface area contributed by atoms with Crippen LogP contribution in [0.3, 0.4) is 0 Å². The molecule has 0 saturated heterocycles. The highest BCUT2D eigenvalue weighted by Crippen LogP contribution is 2.05. The van der Waals surface area contributed by atoms with Crippen LogP contribution in [0.15, 0.2) is 10.6 Å². The average molecular weight is 298 g/mol. The van der Waals surface area contributed by atoms with E-state index in [1.165, 1.54) is 32.1 Å². The third-order valence-corrected chi connectivity index (χ3v) is 3.32. The minimum absolute atomic E-state index is 0.389. The van der Waals surface area contributed by atoms with Crippen molar-refractivity contribution < 1.29 is 14.4 Å². The maximum atomic E-state index is 9.77. The zero-order chi connectivity index (χ0) is 15.3. The van der Waals surface area contributed by atoms with Gasteiger partial charge in [-0.1, -0.05) is 44.2 Å². The highest BCUT2D eigenvalue weighted by atomic mass is 16.5. The van der Waals surface area contributed by atoms with Gasteiger partial charge in [-0.3, -0.25) is 0 Å². The molecule has 0 saturated carbocycles. The lowest BCUT2D eigenvalue weighted by atomic mass is 10.1. The van der Waals surface area contributed by atoms with E-state index in [-0.39, 0.29) is 0 Å². The molecular formula is C16H30N2O3. The maximum Gasteiger partial charge on any atom is 0.133 e. The Balaban J connectivity index is 1.88. The second-order valence-electron chi connectivity index (χ2n) is 5.56. The summed E-state index contributed by atoms with van der Waals surface area (Å²) in [4.78, 5) is 0. The van der Waals surface area contributed by atoms with Crippen LogP contribution in [0.25, 0.3) is 0 Å². The van der Waals surface area contributed by atoms with Crippen LogP contribution < -0.4 is 5.32 Å². The number of unbranched alkanes of at least 4 members (excludes halogenated alkanes) is 5. The molecule has 2 N–H and O–H groups in total. The predicted molar refractivity (Wildman–Crippen MR) is 83.1 cm³/mol. The molecule has 1 aromatic rings. The standard InChI is InChI=1S/C16H30N2O3/c1-3-4-5-6-7-8-9-20-13-16(19)12-17-11-15-10-14(2)21-18-15/h10,16-17,19H,3-9,11-13H2,1-2H3. The Kier molecular flexibility index (Phi) is 10.1. The summed E-state index contributed by atoms with van der Waals surface area (Å²) in [6, 6.07) is 1.88. The Morgan fingerprint density at radius 2 is 2.05 bits per heavy atom. The number of hydrogen-bond acceptors (Lipinski definition) is 5. The van der Waals surface area contributed by atoms with E-state index in [4.69, 9.17) is 9.26 Å². The molecule has 1 heterocycles. The fourth-order valence-electron chi connectivity index (χ4n) is 2.13. The van der Waals surface area contributed by atoms with E-state index in [0.29, 0.717) is 19.7 Å². The van der Waals surface area contributed by atoms with E-state index in [1.54, 1.807) is 0 Å². The summed E-state index contributed by atoms with van der Waals surface area (Å²) in [6.07, 6.45) is 7.06. The molecule has 1 unspecified atom stereocenters. The lowest BCUT2D eigenvalue weighted by Crippen LogP contribution is -2.30. The van der Waals surface area contributed by atoms with Gasteiger partial charge >= 0.3 is 0 Å². The molecule has 1 atom stereocenters. The lowest BCUT2D eigenvalue weighted by molar-refractivity contribution is 0.0352. The van der Waals surface area contributed by atoms with Gasteiger partial charge in [0.25, 0.3) is 0 Å². The van der Waals surface area contributed by atoms with Crippen LogP contribution in [-0.4, -0.2) is 36.1 Å². The first-order valence-corrected chi connectivity index (χ1v) is 8.11. The molecule has 0 spiro atoms. The summed E-state index contributed by atoms with van der Waals surface area (Å²) in [5.74, 6) is 0.801. The van der Waals surface area contributed by atoms with Crippen molar-refractivity contribution in [3.8, 4) is 0 Å². The number of aliphatic hydroxyl groups excluding tert-OH is 1. The molecular weight excluding hydrogens is 268 g/mol. The first kappa shape index (κ1) is 18.1. The van der Waals surface area contributed by atoms with E-state index in [9.17, 15) is 5.11 Å². The van der Waals surface area contributed by atoms with E-state index in [1.807, 2.05) is 13.0 Å². The molecule has 122 valence electrons. The van der Waals surface area contributed by atoms with Crippen LogP contribution in [0.5, 0.6) is 0 Å². The number of aryl methyl sites for hydroxylation is 1. The molecule has 0 fully saturated rings. The van der Waals surface area contributed by atoms with Crippen LogP contribution in [0.1, 0.15) is 56.9 Å². The van der Waals surface area contributed by atoms with Crippen molar-refractivity contribution in [3.63, 3.8) is 0 Å². The summed E-state index contributed by atoms with van der Waals surface area (Å²) < 4.78 is 10.5. The number of rotatable bonds is 13. The second-order valence-corrected chi connectivity index (χ2v) is 5.56. The number of nitrogens with zero attached hydrogens (tertiary/aromatic N) is 1. The van der Waals surface area contributed by atoms with Gasteiger partial charge in [0, 0.05) is 25.8 Å². The molecule has 21 heavy (non-hydrogen) atoms. The van der Waals surface area contributed by atoms with Gasteiger partial charge in [0.1, 0.15) is 5.76 Å². The van der Waals surface area contributed by atoms with Crippen LogP contribution in [-0.2, 0) is 11.3 Å². The number of hydrogen-bond donors (Lipinski definition) is 2. The molecule has 0 aromatic carbocycles. The van der Waals surface area contributed by atoms with Gasteiger partial charge in [-0.05, 0) is 13.3 Å². The third-order valence-electron chi connectivity index (χ3n) is 3.32. The van der Waals surface area contributed by atoms with Crippen molar-refractivity contribution in [2.45, 2.75) is 65.0 Å². The molecule has 5 heteroatoms. The molecule has 1 aromatic heterocycles. The SMILES string of the molecule is CCCCCCCCOCC(O)CNCc1cc(C)on1. The zero-order valence-electron chi connectivity index (χ0n) is 13.4. The van der Waals surface area contributed by atoms with Gasteiger partial charge in [-0.2, -0.15) is 0 Å². The van der Waals surface area contributed by atoms with E-state index >= 15 is 0 Å². The Morgan fingerprint density at radius 3 is 2.76 bits per heavy atom. The largest absolute Gasteiger partial charge is 0.389 e. The van der Waals surface area contributed by atoms with E-state index < -0.39 is 6.10 Å². The molecule has 0 bridgehead atoms. The number of aromatic nitrogens is 1. The Bertz CT molecular complexity index is 355. The van der Waals surface area contributed by atoms with E-state index in [2.05, 4.69) is 17.4 Å². The first-order valence-electron chi connectivity index (χ1n) is 8.11. The van der Waals surface area contributed by atoms with Crippen molar-refractivity contribution in [2.24, 2.45) is 0 Å². The monoisotopic (exact) mass is 298 g/mol. The second kappa shape index (κ2) is 11.7. The van der Waals surface area contributed by atoms with E-state index in [0.717, 1.165) is 24.5 Å². The van der Waals surface area contributed by atoms with Gasteiger partial charge in [-0.15, -0.1) is 0 Å². The van der Waals surface area contributed by atoms with Crippen LogP contribution in [0.2, 0.25) is 0 Å². The maximum absolute atomic E-state index is 9.77. The molecule has 0 aliphatic carbocycles. The normalized spacial score (nSPS) is 12.7. The molecule has 0 aliphatic heterocycles. The van der Waals surface area contributed by atoms with Crippen molar-refractivity contribution >= 4 is 0 Å². The number of aliphatic hydroxyl groups is 1. The summed E-state index contributed by atoms with van der Waals surface area (Å²) in [6.45, 7) is 6.32. The highest BCUT2D eigenvalue weighted by molar-refractivity contribution is 5.02. The fourth-order valence-corrected chi connectivity index (χ4v) is 2.13. The Morgan fingerprint density at radius 1 is 1.29 bits per heavy atom. The fraction of sp³-hybridized carbons (Fsp3) is 0.812. The van der Waals surface area contributed by atoms with Crippen molar-refractivity contribution in [1.82, 2.24) is 10.5 Å². The molecule has 5 nitrogen and oxygen atoms in total. The molecule has 1 rings (SSSR count). The van der Waals surface area contributed by atoms with Gasteiger partial charge < -0.3 is 19.7 Å². The summed E-state index contributed by atoms with van der Waals surface area (Å²) in [5.41, 5.74) is 0.854. The summed E-state index contributed by atoms with van der Waals surface area (Å²) >= 11 is 0. The highest BCUT2D eigenvalue weighted by Gasteiger charge is 2.05. The van der Waals surface area contributed by atoms with Gasteiger partial charge in [0.15, 0.2) is 0 Å². The van der Waals surface area contributed by atoms with Gasteiger partial charge in [0.05, 0.1) is 18.4 Å². The van der Waals surface area contributed by atoms with Gasteiger partial charge in [-0.25, -0.2) is 0 Å². The Hall–Kier alpha value is -0.910. The predicted octanol–water partition coefficient (Wildman–Crippen LogP) is 2.81. The zero-order valence-corrected chi connectivity index (χ0v) is 13.4. The number of nitrogens with one attached hydrogen (secondary N) is 1. The first-order chi connectivity index (χ1) is 10.2. The summed E-state index contributed by atoms with van der Waals surface area (Å²) in [5, 5.41) is 16.8. The number of ether oxygens (including phenoxy) is 1. The molecule has 0 aliphatic rings. The van der Waals surface area contributed by atoms with Crippen LogP contribution in [0, 0.1) is 6.92 Å². The van der Waals surface area contributed by atoms with Crippen molar-refractivity contribution in [3.05, 3.63) is 17.5 Å². The topological polar surface area (TPSA) is 67.5 Å². The van der Waals surface area contributed by atoms with Crippen LogP contribution in [0.4, 0.5) is 0 Å². The smallest absolute Gasteiger partial charge is 0.133 e. The van der Waals surface area contributed by atoms with Gasteiger partial charge in [0.2, 0.25) is 0 Å². The third kappa shape index (κ3) is 9.61. The summed E-state index contributed by atoms with van der Waals surface area (Å²) in [7, 11) is 0. The van der Waals surface area contributed by atoms with Crippen molar-refractivity contribution in [2.75, 3.05) is 19.8 Å². The molecule has 0 radical (unpaired) electrons. The molecule has 0 amide bonds. The minimum atomic E-state index is -0.474. The quantitative estimate of drug-likeness (QED) is 0.548.